The fourth-order valence-corrected chi connectivity index (χ4v) is 3.42. The SMILES string of the molecule is CCC(NC(C)c1ccc(F)cc1O)C1CCCCC1. The summed E-state index contributed by atoms with van der Waals surface area (Å²) < 4.78 is 13.1. The molecule has 2 nitrogen and oxygen atoms in total. The van der Waals surface area contributed by atoms with Crippen LogP contribution in [0.4, 0.5) is 4.39 Å². The summed E-state index contributed by atoms with van der Waals surface area (Å²) in [5, 5.41) is 13.5. The third-order valence-electron chi connectivity index (χ3n) is 4.58. The van der Waals surface area contributed by atoms with E-state index in [1.165, 1.54) is 44.2 Å². The van der Waals surface area contributed by atoms with Gasteiger partial charge in [0.15, 0.2) is 0 Å². The number of halogens is 1. The van der Waals surface area contributed by atoms with Gasteiger partial charge in [0.05, 0.1) is 0 Å². The molecule has 0 heterocycles. The molecule has 0 aliphatic heterocycles. The summed E-state index contributed by atoms with van der Waals surface area (Å²) >= 11 is 0. The average molecular weight is 279 g/mol. The molecule has 20 heavy (non-hydrogen) atoms. The highest BCUT2D eigenvalue weighted by molar-refractivity contribution is 5.34. The first kappa shape index (κ1) is 15.3. The van der Waals surface area contributed by atoms with Gasteiger partial charge in [0, 0.05) is 23.7 Å². The minimum absolute atomic E-state index is 0.0440. The number of hydrogen-bond acceptors (Lipinski definition) is 2. The highest BCUT2D eigenvalue weighted by Gasteiger charge is 2.24. The Morgan fingerprint density at radius 2 is 2.00 bits per heavy atom. The zero-order valence-electron chi connectivity index (χ0n) is 12.5. The normalized spacial score (nSPS) is 19.8. The van der Waals surface area contributed by atoms with Crippen molar-refractivity contribution in [1.29, 1.82) is 0 Å². The second-order valence-electron chi connectivity index (χ2n) is 6.00. The Balaban J connectivity index is 2.02. The first-order valence-corrected chi connectivity index (χ1v) is 7.86. The second-order valence-corrected chi connectivity index (χ2v) is 6.00. The maximum Gasteiger partial charge on any atom is 0.126 e. The molecule has 2 unspecified atom stereocenters. The smallest absolute Gasteiger partial charge is 0.126 e. The van der Waals surface area contributed by atoms with Crippen LogP contribution < -0.4 is 5.32 Å². The van der Waals surface area contributed by atoms with Crippen molar-refractivity contribution in [3.05, 3.63) is 29.6 Å². The Morgan fingerprint density at radius 1 is 1.30 bits per heavy atom. The Morgan fingerprint density at radius 3 is 2.60 bits per heavy atom. The summed E-state index contributed by atoms with van der Waals surface area (Å²) in [6.07, 6.45) is 7.72. The van der Waals surface area contributed by atoms with E-state index in [9.17, 15) is 9.50 Å². The van der Waals surface area contributed by atoms with Crippen LogP contribution in [0.5, 0.6) is 5.75 Å². The highest BCUT2D eigenvalue weighted by atomic mass is 19.1. The summed E-state index contributed by atoms with van der Waals surface area (Å²) in [6, 6.07) is 4.80. The topological polar surface area (TPSA) is 32.3 Å². The molecule has 1 aromatic rings. The van der Waals surface area contributed by atoms with Crippen LogP contribution >= 0.6 is 0 Å². The van der Waals surface area contributed by atoms with Crippen molar-refractivity contribution >= 4 is 0 Å². The predicted molar refractivity (Wildman–Crippen MR) is 80.3 cm³/mol. The number of benzene rings is 1. The lowest BCUT2D eigenvalue weighted by atomic mass is 9.82. The van der Waals surface area contributed by atoms with Crippen molar-refractivity contribution in [2.45, 2.75) is 64.5 Å². The van der Waals surface area contributed by atoms with E-state index in [1.54, 1.807) is 6.07 Å². The summed E-state index contributed by atoms with van der Waals surface area (Å²) in [6.45, 7) is 4.25. The molecule has 1 aromatic carbocycles. The lowest BCUT2D eigenvalue weighted by Gasteiger charge is -2.33. The van der Waals surface area contributed by atoms with Gasteiger partial charge in [0.1, 0.15) is 11.6 Å². The molecule has 3 heteroatoms. The van der Waals surface area contributed by atoms with Gasteiger partial charge in [-0.1, -0.05) is 32.3 Å². The molecule has 2 N–H and O–H groups in total. The number of phenols is 1. The van der Waals surface area contributed by atoms with Gasteiger partial charge in [-0.2, -0.15) is 0 Å². The monoisotopic (exact) mass is 279 g/mol. The van der Waals surface area contributed by atoms with Crippen LogP contribution in [0.15, 0.2) is 18.2 Å². The number of phenolic OH excluding ortho intramolecular Hbond substituents is 1. The molecule has 112 valence electrons. The van der Waals surface area contributed by atoms with Crippen LogP contribution in [0.25, 0.3) is 0 Å². The average Bonchev–Trinajstić information content (AvgIpc) is 2.45. The first-order valence-electron chi connectivity index (χ1n) is 7.86. The molecule has 2 atom stereocenters. The molecule has 1 saturated carbocycles. The Labute approximate surface area is 121 Å². The van der Waals surface area contributed by atoms with Gasteiger partial charge in [0.2, 0.25) is 0 Å². The quantitative estimate of drug-likeness (QED) is 0.829. The van der Waals surface area contributed by atoms with Gasteiger partial charge in [-0.05, 0) is 38.2 Å². The zero-order valence-corrected chi connectivity index (χ0v) is 12.5. The van der Waals surface area contributed by atoms with Gasteiger partial charge in [-0.25, -0.2) is 4.39 Å². The molecule has 0 amide bonds. The predicted octanol–water partition coefficient (Wildman–Crippen LogP) is 4.54. The molecule has 1 fully saturated rings. The fourth-order valence-electron chi connectivity index (χ4n) is 3.42. The van der Waals surface area contributed by atoms with Crippen LogP contribution in [-0.4, -0.2) is 11.1 Å². The molecule has 2 rings (SSSR count). The maximum atomic E-state index is 13.1. The van der Waals surface area contributed by atoms with Crippen molar-refractivity contribution in [2.24, 2.45) is 5.92 Å². The lowest BCUT2D eigenvalue weighted by Crippen LogP contribution is -2.38. The van der Waals surface area contributed by atoms with Crippen molar-refractivity contribution in [1.82, 2.24) is 5.32 Å². The largest absolute Gasteiger partial charge is 0.508 e. The molecule has 0 spiro atoms. The number of aromatic hydroxyl groups is 1. The number of hydrogen-bond donors (Lipinski definition) is 2. The molecule has 1 aliphatic rings. The summed E-state index contributed by atoms with van der Waals surface area (Å²) in [5.41, 5.74) is 0.778. The molecule has 0 radical (unpaired) electrons. The van der Waals surface area contributed by atoms with Crippen LogP contribution in [0.2, 0.25) is 0 Å². The molecular weight excluding hydrogens is 253 g/mol. The standard InChI is InChI=1S/C17H26FNO/c1-3-16(13-7-5-4-6-8-13)19-12(2)15-10-9-14(18)11-17(15)20/h9-13,16,19-20H,3-8H2,1-2H3. The summed E-state index contributed by atoms with van der Waals surface area (Å²) in [5.74, 6) is 0.389. The Bertz CT molecular complexity index is 429. The highest BCUT2D eigenvalue weighted by Crippen LogP contribution is 2.31. The summed E-state index contributed by atoms with van der Waals surface area (Å²) in [4.78, 5) is 0. The van der Waals surface area contributed by atoms with Crippen LogP contribution in [0.1, 0.15) is 64.0 Å². The van der Waals surface area contributed by atoms with Crippen LogP contribution in [-0.2, 0) is 0 Å². The minimum atomic E-state index is -0.391. The van der Waals surface area contributed by atoms with Gasteiger partial charge in [-0.15, -0.1) is 0 Å². The molecule has 0 saturated heterocycles. The van der Waals surface area contributed by atoms with Crippen LogP contribution in [0, 0.1) is 11.7 Å². The summed E-state index contributed by atoms with van der Waals surface area (Å²) in [7, 11) is 0. The van der Waals surface area contributed by atoms with Gasteiger partial charge in [-0.3, -0.25) is 0 Å². The first-order chi connectivity index (χ1) is 9.61. The van der Waals surface area contributed by atoms with E-state index >= 15 is 0 Å². The van der Waals surface area contributed by atoms with E-state index in [2.05, 4.69) is 12.2 Å². The lowest BCUT2D eigenvalue weighted by molar-refractivity contribution is 0.248. The van der Waals surface area contributed by atoms with E-state index in [0.29, 0.717) is 6.04 Å². The van der Waals surface area contributed by atoms with Crippen molar-refractivity contribution in [2.75, 3.05) is 0 Å². The van der Waals surface area contributed by atoms with Crippen LogP contribution in [0.3, 0.4) is 0 Å². The molecular formula is C17H26FNO. The molecule has 0 bridgehead atoms. The van der Waals surface area contributed by atoms with E-state index in [-0.39, 0.29) is 11.8 Å². The van der Waals surface area contributed by atoms with E-state index < -0.39 is 5.82 Å². The third-order valence-corrected chi connectivity index (χ3v) is 4.58. The van der Waals surface area contributed by atoms with Crippen molar-refractivity contribution in [3.8, 4) is 5.75 Å². The molecule has 0 aromatic heterocycles. The molecule has 1 aliphatic carbocycles. The van der Waals surface area contributed by atoms with Gasteiger partial charge in [0.25, 0.3) is 0 Å². The minimum Gasteiger partial charge on any atom is -0.508 e. The van der Waals surface area contributed by atoms with E-state index in [0.717, 1.165) is 17.9 Å². The Hall–Kier alpha value is -1.09. The van der Waals surface area contributed by atoms with Crippen molar-refractivity contribution in [3.63, 3.8) is 0 Å². The van der Waals surface area contributed by atoms with E-state index in [4.69, 9.17) is 0 Å². The Kier molecular flexibility index (Phi) is 5.41. The zero-order chi connectivity index (χ0) is 14.5. The fraction of sp³-hybridized carbons (Fsp3) is 0.647. The van der Waals surface area contributed by atoms with Gasteiger partial charge < -0.3 is 10.4 Å². The second kappa shape index (κ2) is 7.07. The third kappa shape index (κ3) is 3.72. The number of rotatable bonds is 5. The maximum absolute atomic E-state index is 13.1. The number of nitrogens with one attached hydrogen (secondary N) is 1. The van der Waals surface area contributed by atoms with E-state index in [1.807, 2.05) is 6.92 Å². The van der Waals surface area contributed by atoms with Crippen molar-refractivity contribution < 1.29 is 9.50 Å². The van der Waals surface area contributed by atoms with Gasteiger partial charge >= 0.3 is 0 Å².